The first-order valence-corrected chi connectivity index (χ1v) is 7.69. The van der Waals surface area contributed by atoms with Crippen molar-refractivity contribution in [3.63, 3.8) is 0 Å². The normalized spacial score (nSPS) is 30.2. The van der Waals surface area contributed by atoms with Crippen LogP contribution in [0.2, 0.25) is 0 Å². The van der Waals surface area contributed by atoms with Gasteiger partial charge in [0.2, 0.25) is 0 Å². The minimum atomic E-state index is -4.15. The van der Waals surface area contributed by atoms with Gasteiger partial charge in [0, 0.05) is 18.9 Å². The van der Waals surface area contributed by atoms with Crippen LogP contribution >= 0.6 is 0 Å². The zero-order valence-corrected chi connectivity index (χ0v) is 11.9. The van der Waals surface area contributed by atoms with Crippen LogP contribution in [0.1, 0.15) is 49.7 Å². The summed E-state index contributed by atoms with van der Waals surface area (Å²) >= 11 is 0. The molecule has 0 bridgehead atoms. The molecule has 0 radical (unpaired) electrons. The number of rotatable bonds is 2. The van der Waals surface area contributed by atoms with E-state index in [1.54, 1.807) is 0 Å². The number of hydrogen-bond donors (Lipinski definition) is 1. The van der Waals surface area contributed by atoms with Crippen molar-refractivity contribution in [3.05, 3.63) is 11.6 Å². The molecule has 21 heavy (non-hydrogen) atoms. The van der Waals surface area contributed by atoms with Gasteiger partial charge in [0.15, 0.2) is 0 Å². The van der Waals surface area contributed by atoms with Gasteiger partial charge in [-0.05, 0) is 31.7 Å². The Bertz CT molecular complexity index is 497. The number of hydrogen-bond acceptors (Lipinski definition) is 3. The Kier molecular flexibility index (Phi) is 3.94. The minimum absolute atomic E-state index is 0.210. The van der Waals surface area contributed by atoms with Gasteiger partial charge in [0.25, 0.3) is 0 Å². The third-order valence-electron chi connectivity index (χ3n) is 4.94. The van der Waals surface area contributed by atoms with E-state index in [-0.39, 0.29) is 6.42 Å². The van der Waals surface area contributed by atoms with Gasteiger partial charge in [0.1, 0.15) is 11.6 Å². The van der Waals surface area contributed by atoms with E-state index in [4.69, 9.17) is 5.73 Å². The summed E-state index contributed by atoms with van der Waals surface area (Å²) in [5.41, 5.74) is 5.68. The molecule has 0 amide bonds. The highest BCUT2D eigenvalue weighted by Crippen LogP contribution is 2.46. The molecule has 2 N–H and O–H groups in total. The molecule has 4 nitrogen and oxygen atoms in total. The molecule has 3 atom stereocenters. The molecule has 7 heteroatoms. The van der Waals surface area contributed by atoms with Gasteiger partial charge in [-0.25, -0.2) is 0 Å². The van der Waals surface area contributed by atoms with E-state index in [0.29, 0.717) is 37.7 Å². The highest BCUT2D eigenvalue weighted by Gasteiger charge is 2.47. The molecule has 1 aromatic rings. The van der Waals surface area contributed by atoms with Crippen LogP contribution in [0.25, 0.3) is 0 Å². The summed E-state index contributed by atoms with van der Waals surface area (Å²) in [7, 11) is 0. The smallest absolute Gasteiger partial charge is 0.330 e. The van der Waals surface area contributed by atoms with Crippen LogP contribution in [0.3, 0.4) is 0 Å². The van der Waals surface area contributed by atoms with Crippen LogP contribution in [-0.4, -0.2) is 27.5 Å². The Morgan fingerprint density at radius 3 is 2.62 bits per heavy atom. The number of alkyl halides is 3. The summed E-state index contributed by atoms with van der Waals surface area (Å²) < 4.78 is 41.7. The summed E-state index contributed by atoms with van der Waals surface area (Å²) in [5, 5.41) is 8.26. The Hall–Kier alpha value is -1.11. The predicted molar refractivity (Wildman–Crippen MR) is 71.6 cm³/mol. The summed E-state index contributed by atoms with van der Waals surface area (Å²) in [6.07, 6.45) is -0.261. The van der Waals surface area contributed by atoms with Crippen LogP contribution in [0.5, 0.6) is 0 Å². The highest BCUT2D eigenvalue weighted by atomic mass is 19.4. The third kappa shape index (κ3) is 2.80. The van der Waals surface area contributed by atoms with Crippen molar-refractivity contribution in [2.24, 2.45) is 17.6 Å². The lowest BCUT2D eigenvalue weighted by molar-refractivity contribution is -0.188. The van der Waals surface area contributed by atoms with Gasteiger partial charge in [-0.15, -0.1) is 10.2 Å². The number of nitrogens with zero attached hydrogens (tertiary/aromatic N) is 3. The van der Waals surface area contributed by atoms with Gasteiger partial charge in [-0.2, -0.15) is 13.2 Å². The first kappa shape index (κ1) is 14.8. The number of halogens is 3. The van der Waals surface area contributed by atoms with Crippen molar-refractivity contribution in [3.8, 4) is 0 Å². The molecule has 1 fully saturated rings. The zero-order valence-electron chi connectivity index (χ0n) is 11.9. The monoisotopic (exact) mass is 302 g/mol. The molecule has 2 aliphatic rings. The predicted octanol–water partition coefficient (Wildman–Crippen LogP) is 2.64. The highest BCUT2D eigenvalue weighted by molar-refractivity contribution is 5.09. The van der Waals surface area contributed by atoms with E-state index in [9.17, 15) is 13.2 Å². The lowest BCUT2D eigenvalue weighted by Crippen LogP contribution is -2.34. The lowest BCUT2D eigenvalue weighted by atomic mass is 9.78. The largest absolute Gasteiger partial charge is 0.392 e. The van der Waals surface area contributed by atoms with Crippen LogP contribution in [0, 0.1) is 11.8 Å². The Labute approximate surface area is 121 Å². The zero-order chi connectivity index (χ0) is 15.0. The van der Waals surface area contributed by atoms with Crippen molar-refractivity contribution in [2.75, 3.05) is 6.54 Å². The van der Waals surface area contributed by atoms with Gasteiger partial charge in [0.05, 0.1) is 5.92 Å². The van der Waals surface area contributed by atoms with Gasteiger partial charge in [-0.3, -0.25) is 0 Å². The Morgan fingerprint density at radius 2 is 1.90 bits per heavy atom. The quantitative estimate of drug-likeness (QED) is 0.913. The first-order chi connectivity index (χ1) is 10.0. The fourth-order valence-electron chi connectivity index (χ4n) is 3.72. The molecule has 1 aliphatic heterocycles. The topological polar surface area (TPSA) is 56.7 Å². The maximum atomic E-state index is 13.3. The van der Waals surface area contributed by atoms with Crippen LogP contribution < -0.4 is 5.73 Å². The Morgan fingerprint density at radius 1 is 1.14 bits per heavy atom. The summed E-state index contributed by atoms with van der Waals surface area (Å²) in [4.78, 5) is 0. The second kappa shape index (κ2) is 5.59. The van der Waals surface area contributed by atoms with E-state index < -0.39 is 18.0 Å². The van der Waals surface area contributed by atoms with Crippen LogP contribution in [0.15, 0.2) is 0 Å². The summed E-state index contributed by atoms with van der Waals surface area (Å²) in [6, 6.07) is 0. The van der Waals surface area contributed by atoms with Crippen molar-refractivity contribution in [1.29, 1.82) is 0 Å². The minimum Gasteiger partial charge on any atom is -0.330 e. The number of nitrogens with two attached hydrogens (primary N) is 1. The summed E-state index contributed by atoms with van der Waals surface area (Å²) in [5.74, 6) is -0.0822. The second-order valence-corrected chi connectivity index (χ2v) is 6.26. The fourth-order valence-corrected chi connectivity index (χ4v) is 3.72. The molecule has 0 spiro atoms. The molecule has 0 aromatic carbocycles. The van der Waals surface area contributed by atoms with E-state index >= 15 is 0 Å². The SMILES string of the molecule is NCC1CCn2c(nnc2C2CCCCC2C(F)(F)F)C1. The van der Waals surface area contributed by atoms with Crippen molar-refractivity contribution >= 4 is 0 Å². The molecular formula is C14H21F3N4. The molecule has 3 unspecified atom stereocenters. The van der Waals surface area contributed by atoms with Crippen molar-refractivity contribution in [2.45, 2.75) is 57.2 Å². The van der Waals surface area contributed by atoms with E-state index in [2.05, 4.69) is 10.2 Å². The molecular weight excluding hydrogens is 281 g/mol. The molecule has 1 aromatic heterocycles. The van der Waals surface area contributed by atoms with E-state index in [1.165, 1.54) is 0 Å². The van der Waals surface area contributed by atoms with Crippen LogP contribution in [-0.2, 0) is 13.0 Å². The van der Waals surface area contributed by atoms with Crippen molar-refractivity contribution < 1.29 is 13.2 Å². The third-order valence-corrected chi connectivity index (χ3v) is 4.94. The van der Waals surface area contributed by atoms with Gasteiger partial charge < -0.3 is 10.3 Å². The second-order valence-electron chi connectivity index (χ2n) is 6.26. The molecule has 0 saturated heterocycles. The van der Waals surface area contributed by atoms with Crippen molar-refractivity contribution in [1.82, 2.24) is 14.8 Å². The van der Waals surface area contributed by atoms with Crippen LogP contribution in [0.4, 0.5) is 13.2 Å². The average molecular weight is 302 g/mol. The average Bonchev–Trinajstić information content (AvgIpc) is 2.89. The van der Waals surface area contributed by atoms with E-state index in [0.717, 1.165) is 25.1 Å². The molecule has 3 rings (SSSR count). The Balaban J connectivity index is 1.88. The molecule has 1 saturated carbocycles. The number of fused-ring (bicyclic) bond motifs is 1. The maximum Gasteiger partial charge on any atom is 0.392 e. The summed E-state index contributed by atoms with van der Waals surface area (Å²) in [6.45, 7) is 1.29. The molecule has 1 aliphatic carbocycles. The van der Waals surface area contributed by atoms with Gasteiger partial charge >= 0.3 is 6.18 Å². The van der Waals surface area contributed by atoms with Gasteiger partial charge in [-0.1, -0.05) is 12.8 Å². The number of aromatic nitrogens is 3. The molecule has 118 valence electrons. The fraction of sp³-hybridized carbons (Fsp3) is 0.857. The van der Waals surface area contributed by atoms with E-state index in [1.807, 2.05) is 4.57 Å². The first-order valence-electron chi connectivity index (χ1n) is 7.69. The lowest BCUT2D eigenvalue weighted by Gasteiger charge is -2.33. The molecule has 2 heterocycles. The maximum absolute atomic E-state index is 13.3. The standard InChI is InChI=1S/C14H21F3N4/c15-14(16,17)11-4-2-1-3-10(11)13-20-19-12-7-9(8-18)5-6-21(12)13/h9-11H,1-8,18H2.